The molecule has 2 heterocycles. The minimum atomic E-state index is -0.362. The van der Waals surface area contributed by atoms with E-state index in [2.05, 4.69) is 26.1 Å². The predicted octanol–water partition coefficient (Wildman–Crippen LogP) is 1.97. The second-order valence-corrected chi connectivity index (χ2v) is 5.17. The van der Waals surface area contributed by atoms with Gasteiger partial charge in [0.05, 0.1) is 11.5 Å². The number of nitrogens with zero attached hydrogens (tertiary/aromatic N) is 5. The number of nitro benzene ring substituents is 1. The second-order valence-electron chi connectivity index (χ2n) is 4.25. The maximum absolute atomic E-state index is 11.1. The smallest absolute Gasteiger partial charge is 0.293 e. The number of nitro groups is 1. The summed E-state index contributed by atoms with van der Waals surface area (Å²) in [6, 6.07) is 5.09. The summed E-state index contributed by atoms with van der Waals surface area (Å²) in [6.45, 7) is 1.96. The van der Waals surface area contributed by atoms with Crippen molar-refractivity contribution in [1.82, 2.24) is 14.8 Å². The van der Waals surface area contributed by atoms with E-state index in [1.165, 1.54) is 6.07 Å². The lowest BCUT2D eigenvalue weighted by Gasteiger charge is -2.28. The monoisotopic (exact) mass is 323 g/mol. The minimum absolute atomic E-state index is 0.0994. The van der Waals surface area contributed by atoms with Crippen LogP contribution in [-0.2, 0) is 13.1 Å². The molecule has 19 heavy (non-hydrogen) atoms. The van der Waals surface area contributed by atoms with Crippen molar-refractivity contribution in [2.75, 3.05) is 11.4 Å². The first-order valence-corrected chi connectivity index (χ1v) is 6.50. The van der Waals surface area contributed by atoms with Gasteiger partial charge in [-0.05, 0) is 12.1 Å². The van der Waals surface area contributed by atoms with Gasteiger partial charge in [-0.15, -0.1) is 10.2 Å². The van der Waals surface area contributed by atoms with Crippen LogP contribution < -0.4 is 4.90 Å². The Hall–Kier alpha value is -1.96. The molecule has 0 atom stereocenters. The van der Waals surface area contributed by atoms with Crippen molar-refractivity contribution in [3.05, 3.63) is 44.9 Å². The number of hydrogen-bond donors (Lipinski definition) is 0. The summed E-state index contributed by atoms with van der Waals surface area (Å²) in [5.74, 6) is 0.823. The topological polar surface area (TPSA) is 77.1 Å². The van der Waals surface area contributed by atoms with Gasteiger partial charge >= 0.3 is 0 Å². The maximum Gasteiger partial charge on any atom is 0.293 e. The highest BCUT2D eigenvalue weighted by Gasteiger charge is 2.24. The Bertz CT molecular complexity index is 642. The number of anilines is 1. The van der Waals surface area contributed by atoms with Crippen molar-refractivity contribution < 1.29 is 4.92 Å². The molecule has 1 aromatic heterocycles. The molecule has 8 heteroatoms. The Balaban J connectivity index is 1.98. The molecule has 0 unspecified atom stereocenters. The molecule has 0 spiro atoms. The van der Waals surface area contributed by atoms with Crippen LogP contribution in [0.1, 0.15) is 5.82 Å². The largest absolute Gasteiger partial charge is 0.357 e. The average molecular weight is 324 g/mol. The SMILES string of the molecule is O=[N+]([O-])c1cc(Br)ccc1N1CCn2cnnc2C1. The van der Waals surface area contributed by atoms with Gasteiger partial charge in [0.15, 0.2) is 5.82 Å². The van der Waals surface area contributed by atoms with Gasteiger partial charge in [-0.25, -0.2) is 0 Å². The third-order valence-corrected chi connectivity index (χ3v) is 3.61. The van der Waals surface area contributed by atoms with Crippen LogP contribution in [0.2, 0.25) is 0 Å². The Morgan fingerprint density at radius 1 is 1.37 bits per heavy atom. The Labute approximate surface area is 117 Å². The van der Waals surface area contributed by atoms with Crippen molar-refractivity contribution in [2.24, 2.45) is 0 Å². The molecule has 0 fully saturated rings. The highest BCUT2D eigenvalue weighted by atomic mass is 79.9. The Morgan fingerprint density at radius 3 is 3.00 bits per heavy atom. The van der Waals surface area contributed by atoms with Crippen LogP contribution in [0.5, 0.6) is 0 Å². The van der Waals surface area contributed by atoms with E-state index in [0.717, 1.165) is 12.4 Å². The van der Waals surface area contributed by atoms with Gasteiger partial charge in [-0.1, -0.05) is 15.9 Å². The maximum atomic E-state index is 11.1. The van der Waals surface area contributed by atoms with E-state index in [1.807, 2.05) is 15.5 Å². The summed E-state index contributed by atoms with van der Waals surface area (Å²) in [4.78, 5) is 12.7. The van der Waals surface area contributed by atoms with E-state index >= 15 is 0 Å². The van der Waals surface area contributed by atoms with Crippen LogP contribution in [-0.4, -0.2) is 26.2 Å². The average Bonchev–Trinajstić information content (AvgIpc) is 2.85. The molecule has 98 valence electrons. The normalized spacial score (nSPS) is 14.3. The molecule has 1 aliphatic rings. The van der Waals surface area contributed by atoms with Crippen LogP contribution in [0.15, 0.2) is 29.0 Å². The number of aromatic nitrogens is 3. The van der Waals surface area contributed by atoms with E-state index in [0.29, 0.717) is 23.2 Å². The minimum Gasteiger partial charge on any atom is -0.357 e. The van der Waals surface area contributed by atoms with E-state index in [9.17, 15) is 10.1 Å². The van der Waals surface area contributed by atoms with Crippen molar-refractivity contribution in [1.29, 1.82) is 0 Å². The molecule has 2 aromatic rings. The van der Waals surface area contributed by atoms with Gasteiger partial charge in [0, 0.05) is 23.6 Å². The van der Waals surface area contributed by atoms with Crippen molar-refractivity contribution in [3.8, 4) is 0 Å². The summed E-state index contributed by atoms with van der Waals surface area (Å²) in [5, 5.41) is 19.0. The highest BCUT2D eigenvalue weighted by molar-refractivity contribution is 9.10. The molecule has 0 saturated heterocycles. The first-order valence-electron chi connectivity index (χ1n) is 5.71. The van der Waals surface area contributed by atoms with Crippen LogP contribution in [0, 0.1) is 10.1 Å². The number of benzene rings is 1. The zero-order valence-corrected chi connectivity index (χ0v) is 11.4. The molecule has 3 rings (SSSR count). The fourth-order valence-electron chi connectivity index (χ4n) is 2.18. The summed E-state index contributed by atoms with van der Waals surface area (Å²) in [7, 11) is 0. The van der Waals surface area contributed by atoms with Crippen LogP contribution in [0.4, 0.5) is 11.4 Å². The molecule has 7 nitrogen and oxygen atoms in total. The molecule has 0 bridgehead atoms. The Kier molecular flexibility index (Phi) is 2.94. The summed E-state index contributed by atoms with van der Waals surface area (Å²) >= 11 is 3.26. The fourth-order valence-corrected chi connectivity index (χ4v) is 2.53. The summed E-state index contributed by atoms with van der Waals surface area (Å²) in [5.41, 5.74) is 0.713. The zero-order chi connectivity index (χ0) is 13.4. The molecular weight excluding hydrogens is 314 g/mol. The van der Waals surface area contributed by atoms with Crippen molar-refractivity contribution >= 4 is 27.3 Å². The Morgan fingerprint density at radius 2 is 2.21 bits per heavy atom. The van der Waals surface area contributed by atoms with E-state index < -0.39 is 0 Å². The molecule has 0 amide bonds. The first kappa shape index (κ1) is 12.1. The van der Waals surface area contributed by atoms with E-state index in [4.69, 9.17) is 0 Å². The van der Waals surface area contributed by atoms with Crippen LogP contribution in [0.3, 0.4) is 0 Å². The lowest BCUT2D eigenvalue weighted by atomic mass is 10.2. The van der Waals surface area contributed by atoms with Crippen molar-refractivity contribution in [3.63, 3.8) is 0 Å². The van der Waals surface area contributed by atoms with Gasteiger partial charge in [0.1, 0.15) is 12.0 Å². The van der Waals surface area contributed by atoms with Gasteiger partial charge in [-0.2, -0.15) is 0 Å². The number of halogens is 1. The molecule has 0 N–H and O–H groups in total. The second kappa shape index (κ2) is 4.61. The van der Waals surface area contributed by atoms with Gasteiger partial charge < -0.3 is 9.47 Å². The van der Waals surface area contributed by atoms with Crippen molar-refractivity contribution in [2.45, 2.75) is 13.1 Å². The van der Waals surface area contributed by atoms with Crippen LogP contribution in [0.25, 0.3) is 0 Å². The quantitative estimate of drug-likeness (QED) is 0.623. The fraction of sp³-hybridized carbons (Fsp3) is 0.273. The lowest BCUT2D eigenvalue weighted by Crippen LogP contribution is -2.33. The third-order valence-electron chi connectivity index (χ3n) is 3.11. The zero-order valence-electron chi connectivity index (χ0n) is 9.86. The van der Waals surface area contributed by atoms with Gasteiger partial charge in [0.25, 0.3) is 5.69 Å². The van der Waals surface area contributed by atoms with E-state index in [1.54, 1.807) is 12.4 Å². The molecule has 0 aliphatic carbocycles. The molecule has 0 saturated carbocycles. The summed E-state index contributed by atoms with van der Waals surface area (Å²) in [6.07, 6.45) is 1.68. The van der Waals surface area contributed by atoms with Gasteiger partial charge in [-0.3, -0.25) is 10.1 Å². The standard InChI is InChI=1S/C11H10BrN5O2/c12-8-1-2-9(10(5-8)17(18)19)15-3-4-16-7-13-14-11(16)6-15/h1-2,5,7H,3-4,6H2. The van der Waals surface area contributed by atoms with Crippen LogP contribution >= 0.6 is 15.9 Å². The van der Waals surface area contributed by atoms with Gasteiger partial charge in [0.2, 0.25) is 0 Å². The lowest BCUT2D eigenvalue weighted by molar-refractivity contribution is -0.384. The third kappa shape index (κ3) is 2.19. The number of hydrogen-bond acceptors (Lipinski definition) is 5. The van der Waals surface area contributed by atoms with E-state index in [-0.39, 0.29) is 10.6 Å². The molecule has 1 aliphatic heterocycles. The highest BCUT2D eigenvalue weighted by Crippen LogP contribution is 2.32. The molecule has 0 radical (unpaired) electrons. The first-order chi connectivity index (χ1) is 9.15. The molecule has 1 aromatic carbocycles. The number of rotatable bonds is 2. The summed E-state index contributed by atoms with van der Waals surface area (Å²) < 4.78 is 2.66. The molecular formula is C11H10BrN5O2. The number of fused-ring (bicyclic) bond motifs is 1. The predicted molar refractivity (Wildman–Crippen MR) is 71.9 cm³/mol.